The van der Waals surface area contributed by atoms with Gasteiger partial charge in [0.1, 0.15) is 5.71 Å². The predicted molar refractivity (Wildman–Crippen MR) is 76.9 cm³/mol. The number of allylic oxidation sites excluding steroid dienone is 4. The number of halogens is 3. The van der Waals surface area contributed by atoms with Crippen LogP contribution in [0.1, 0.15) is 20.8 Å². The van der Waals surface area contributed by atoms with Gasteiger partial charge in [0, 0.05) is 0 Å². The van der Waals surface area contributed by atoms with Gasteiger partial charge in [-0.25, -0.2) is 4.79 Å². The Morgan fingerprint density at radius 3 is 2.53 bits per heavy atom. The highest BCUT2D eigenvalue weighted by Crippen LogP contribution is 2.48. The van der Waals surface area contributed by atoms with Crippen LogP contribution in [0.2, 0.25) is 0 Å². The topological polar surface area (TPSA) is 58.9 Å². The summed E-state index contributed by atoms with van der Waals surface area (Å²) in [5.41, 5.74) is 0.493. The van der Waals surface area contributed by atoms with Gasteiger partial charge in [-0.3, -0.25) is 0 Å². The Morgan fingerprint density at radius 1 is 1.53 bits per heavy atom. The van der Waals surface area contributed by atoms with Crippen molar-refractivity contribution in [3.8, 4) is 0 Å². The third-order valence-corrected chi connectivity index (χ3v) is 4.00. The molecule has 1 N–H and O–H groups in total. The Bertz CT molecular complexity index is 465. The Labute approximate surface area is 126 Å². The molecule has 0 saturated carbocycles. The first kappa shape index (κ1) is 16.3. The van der Waals surface area contributed by atoms with Crippen molar-refractivity contribution in [2.45, 2.75) is 30.7 Å². The van der Waals surface area contributed by atoms with Crippen molar-refractivity contribution in [1.82, 2.24) is 0 Å². The molecule has 0 spiro atoms. The molecular weight excluding hydrogens is 312 g/mol. The Balaban J connectivity index is 2.90. The van der Waals surface area contributed by atoms with E-state index in [1.54, 1.807) is 32.1 Å². The minimum atomic E-state index is -1.48. The molecular formula is C12H14Cl3NO3. The van der Waals surface area contributed by atoms with Gasteiger partial charge < -0.3 is 9.94 Å². The van der Waals surface area contributed by atoms with E-state index in [2.05, 4.69) is 5.16 Å². The van der Waals surface area contributed by atoms with Crippen LogP contribution in [0.4, 0.5) is 0 Å². The van der Waals surface area contributed by atoms with E-state index in [1.807, 2.05) is 0 Å². The van der Waals surface area contributed by atoms with Crippen LogP contribution >= 0.6 is 34.8 Å². The first-order valence-electron chi connectivity index (χ1n) is 5.49. The summed E-state index contributed by atoms with van der Waals surface area (Å²) in [6.45, 7) is 4.95. The maximum absolute atomic E-state index is 10.6. The zero-order valence-corrected chi connectivity index (χ0v) is 12.9. The lowest BCUT2D eigenvalue weighted by Gasteiger charge is -2.33. The maximum Gasteiger partial charge on any atom is 0.347 e. The standard InChI is InChI=1S/C12H14Cl3NO3/c1-7-6-11(3,12(13,14)15)5-4-9(7)16-19-8(2)10(17)18/h4-6,8H,1-3H3,(H,17,18)/b16-9-/t8-,11-/m0/s1. The smallest absolute Gasteiger partial charge is 0.347 e. The molecule has 1 aliphatic carbocycles. The molecule has 0 unspecified atom stereocenters. The van der Waals surface area contributed by atoms with Crippen LogP contribution in [0.25, 0.3) is 0 Å². The molecule has 0 fully saturated rings. The molecule has 106 valence electrons. The van der Waals surface area contributed by atoms with Gasteiger partial charge in [-0.2, -0.15) is 0 Å². The van der Waals surface area contributed by atoms with E-state index in [4.69, 9.17) is 44.7 Å². The SMILES string of the molecule is CC1=C[C@@](C)(C(Cl)(Cl)Cl)C=C/C1=N/O[C@@H](C)C(=O)O. The zero-order chi connectivity index (χ0) is 14.8. The molecule has 0 bridgehead atoms. The van der Waals surface area contributed by atoms with Gasteiger partial charge in [-0.15, -0.1) is 0 Å². The average Bonchev–Trinajstić information content (AvgIpc) is 2.25. The highest BCUT2D eigenvalue weighted by atomic mass is 35.6. The summed E-state index contributed by atoms with van der Waals surface area (Å²) in [4.78, 5) is 15.5. The fourth-order valence-electron chi connectivity index (χ4n) is 1.41. The van der Waals surface area contributed by atoms with Crippen LogP contribution in [-0.4, -0.2) is 26.7 Å². The number of oxime groups is 1. The first-order chi connectivity index (χ1) is 8.57. The molecule has 0 amide bonds. The van der Waals surface area contributed by atoms with Crippen molar-refractivity contribution < 1.29 is 14.7 Å². The summed E-state index contributed by atoms with van der Waals surface area (Å²) in [6.07, 6.45) is 4.08. The van der Waals surface area contributed by atoms with Crippen LogP contribution in [0.3, 0.4) is 0 Å². The van der Waals surface area contributed by atoms with E-state index >= 15 is 0 Å². The van der Waals surface area contributed by atoms with E-state index in [-0.39, 0.29) is 0 Å². The molecule has 0 aromatic carbocycles. The van der Waals surface area contributed by atoms with E-state index in [9.17, 15) is 4.79 Å². The summed E-state index contributed by atoms with van der Waals surface area (Å²) >= 11 is 17.8. The van der Waals surface area contributed by atoms with Crippen LogP contribution in [0, 0.1) is 5.41 Å². The molecule has 0 radical (unpaired) electrons. The Kier molecular flexibility index (Phi) is 4.93. The van der Waals surface area contributed by atoms with Gasteiger partial charge in [-0.1, -0.05) is 52.1 Å². The lowest BCUT2D eigenvalue weighted by atomic mass is 9.84. The van der Waals surface area contributed by atoms with Gasteiger partial charge in [0.05, 0.1) is 5.41 Å². The first-order valence-corrected chi connectivity index (χ1v) is 6.62. The quantitative estimate of drug-likeness (QED) is 0.635. The van der Waals surface area contributed by atoms with Crippen LogP contribution in [0.5, 0.6) is 0 Å². The van der Waals surface area contributed by atoms with Gasteiger partial charge in [0.25, 0.3) is 0 Å². The van der Waals surface area contributed by atoms with E-state index in [0.717, 1.165) is 5.57 Å². The van der Waals surface area contributed by atoms with Crippen LogP contribution in [0.15, 0.2) is 29.0 Å². The molecule has 1 rings (SSSR count). The molecule has 4 nitrogen and oxygen atoms in total. The molecule has 0 aromatic heterocycles. The Hall–Kier alpha value is -0.710. The van der Waals surface area contributed by atoms with E-state index in [0.29, 0.717) is 5.71 Å². The number of alkyl halides is 3. The molecule has 19 heavy (non-hydrogen) atoms. The monoisotopic (exact) mass is 325 g/mol. The number of nitrogens with zero attached hydrogens (tertiary/aromatic N) is 1. The van der Waals surface area contributed by atoms with Crippen molar-refractivity contribution in [3.05, 3.63) is 23.8 Å². The second-order valence-electron chi connectivity index (χ2n) is 4.50. The number of hydrogen-bond donors (Lipinski definition) is 1. The zero-order valence-electron chi connectivity index (χ0n) is 10.7. The summed E-state index contributed by atoms with van der Waals surface area (Å²) in [7, 11) is 0. The van der Waals surface area contributed by atoms with Crippen molar-refractivity contribution in [2.24, 2.45) is 10.6 Å². The van der Waals surface area contributed by atoms with Crippen molar-refractivity contribution in [3.63, 3.8) is 0 Å². The van der Waals surface area contributed by atoms with Crippen LogP contribution in [-0.2, 0) is 9.63 Å². The minimum Gasteiger partial charge on any atom is -0.478 e. The van der Waals surface area contributed by atoms with Crippen LogP contribution < -0.4 is 0 Å². The van der Waals surface area contributed by atoms with Gasteiger partial charge in [-0.05, 0) is 32.4 Å². The molecule has 0 aromatic rings. The summed E-state index contributed by atoms with van der Waals surface area (Å²) < 4.78 is -1.48. The van der Waals surface area contributed by atoms with Gasteiger partial charge >= 0.3 is 5.97 Å². The highest BCUT2D eigenvalue weighted by molar-refractivity contribution is 6.68. The number of carbonyl (C=O) groups is 1. The highest BCUT2D eigenvalue weighted by Gasteiger charge is 2.42. The number of carboxylic acid groups (broad SMARTS) is 1. The van der Waals surface area contributed by atoms with E-state index < -0.39 is 21.3 Å². The number of rotatable bonds is 3. The summed E-state index contributed by atoms with van der Waals surface area (Å²) in [6, 6.07) is 0. The summed E-state index contributed by atoms with van der Waals surface area (Å²) in [5, 5.41) is 12.5. The minimum absolute atomic E-state index is 0.500. The third-order valence-electron chi connectivity index (χ3n) is 2.78. The van der Waals surface area contributed by atoms with Gasteiger partial charge in [0.2, 0.25) is 9.90 Å². The fraction of sp³-hybridized carbons (Fsp3) is 0.500. The average molecular weight is 327 g/mol. The van der Waals surface area contributed by atoms with Crippen molar-refractivity contribution >= 4 is 46.5 Å². The summed E-state index contributed by atoms with van der Waals surface area (Å²) in [5.74, 6) is -1.09. The fourth-order valence-corrected chi connectivity index (χ4v) is 1.77. The van der Waals surface area contributed by atoms with Gasteiger partial charge in [0.15, 0.2) is 0 Å². The maximum atomic E-state index is 10.6. The number of carboxylic acids is 1. The largest absolute Gasteiger partial charge is 0.478 e. The molecule has 0 aliphatic heterocycles. The number of aliphatic carboxylic acids is 1. The molecule has 1 aliphatic rings. The third kappa shape index (κ3) is 3.88. The predicted octanol–water partition coefficient (Wildman–Crippen LogP) is 3.72. The molecule has 0 saturated heterocycles. The number of hydrogen-bond acceptors (Lipinski definition) is 3. The molecule has 2 atom stereocenters. The van der Waals surface area contributed by atoms with E-state index in [1.165, 1.54) is 6.92 Å². The van der Waals surface area contributed by atoms with Crippen molar-refractivity contribution in [2.75, 3.05) is 0 Å². The lowest BCUT2D eigenvalue weighted by molar-refractivity contribution is -0.149. The second-order valence-corrected chi connectivity index (χ2v) is 6.78. The molecule has 0 heterocycles. The Morgan fingerprint density at radius 2 is 2.11 bits per heavy atom. The second kappa shape index (κ2) is 5.73. The lowest BCUT2D eigenvalue weighted by Crippen LogP contribution is -2.31. The molecule has 7 heteroatoms. The normalized spacial score (nSPS) is 27.1. The van der Waals surface area contributed by atoms with Crippen molar-refractivity contribution in [1.29, 1.82) is 0 Å².